The largest absolute Gasteiger partial charge is 0.391 e. The van der Waals surface area contributed by atoms with E-state index in [4.69, 9.17) is 11.6 Å². The first-order valence-electron chi connectivity index (χ1n) is 5.00. The van der Waals surface area contributed by atoms with Crippen LogP contribution in [0.1, 0.15) is 16.7 Å². The molecule has 15 heavy (non-hydrogen) atoms. The molecule has 0 radical (unpaired) electrons. The molecule has 1 aromatic carbocycles. The molecule has 0 fully saturated rings. The van der Waals surface area contributed by atoms with E-state index in [9.17, 15) is 5.11 Å². The Bertz CT molecular complexity index is 294. The van der Waals surface area contributed by atoms with Gasteiger partial charge in [0.25, 0.3) is 0 Å². The van der Waals surface area contributed by atoms with Crippen LogP contribution in [0.3, 0.4) is 0 Å². The molecule has 1 rings (SSSR count). The summed E-state index contributed by atoms with van der Waals surface area (Å²) in [5.74, 6) is 1.97. The zero-order valence-electron chi connectivity index (χ0n) is 9.16. The fraction of sp³-hybridized carbons (Fsp3) is 0.500. The highest BCUT2D eigenvalue weighted by atomic mass is 35.5. The van der Waals surface area contributed by atoms with Crippen molar-refractivity contribution in [1.82, 2.24) is 0 Å². The Morgan fingerprint density at radius 2 is 1.87 bits per heavy atom. The molecule has 1 nitrogen and oxygen atoms in total. The van der Waals surface area contributed by atoms with Crippen molar-refractivity contribution < 1.29 is 5.11 Å². The highest BCUT2D eigenvalue weighted by Crippen LogP contribution is 2.16. The van der Waals surface area contributed by atoms with Gasteiger partial charge in [-0.05, 0) is 19.4 Å². The van der Waals surface area contributed by atoms with Gasteiger partial charge in [0.05, 0.1) is 6.10 Å². The third-order valence-electron chi connectivity index (χ3n) is 2.04. The average molecular weight is 245 g/mol. The molecule has 0 amide bonds. The second-order valence-corrected chi connectivity index (χ2v) is 5.16. The monoisotopic (exact) mass is 244 g/mol. The molecule has 1 N–H and O–H groups in total. The number of thioether (sulfide) groups is 1. The second-order valence-electron chi connectivity index (χ2n) is 3.82. The topological polar surface area (TPSA) is 20.2 Å². The van der Waals surface area contributed by atoms with E-state index in [1.165, 1.54) is 16.7 Å². The highest BCUT2D eigenvalue weighted by Gasteiger charge is 2.02. The molecule has 1 aromatic rings. The minimum absolute atomic E-state index is 0.319. The van der Waals surface area contributed by atoms with Crippen LogP contribution < -0.4 is 0 Å². The molecule has 3 heteroatoms. The number of aliphatic hydroxyl groups is 1. The van der Waals surface area contributed by atoms with Crippen LogP contribution in [0, 0.1) is 13.8 Å². The number of aliphatic hydroxyl groups excluding tert-OH is 1. The van der Waals surface area contributed by atoms with Crippen LogP contribution in [0.15, 0.2) is 18.2 Å². The van der Waals surface area contributed by atoms with E-state index < -0.39 is 0 Å². The third kappa shape index (κ3) is 4.92. The van der Waals surface area contributed by atoms with E-state index in [0.29, 0.717) is 11.6 Å². The summed E-state index contributed by atoms with van der Waals surface area (Å²) >= 11 is 7.24. The highest BCUT2D eigenvalue weighted by molar-refractivity contribution is 7.98. The molecular formula is C12H17ClOS. The maximum Gasteiger partial charge on any atom is 0.0765 e. The molecule has 0 saturated carbocycles. The lowest BCUT2D eigenvalue weighted by atomic mass is 10.1. The molecule has 0 saturated heterocycles. The van der Waals surface area contributed by atoms with Gasteiger partial charge in [-0.25, -0.2) is 0 Å². The Hall–Kier alpha value is -0.180. The zero-order chi connectivity index (χ0) is 11.3. The van der Waals surface area contributed by atoms with Crippen molar-refractivity contribution in [3.8, 4) is 0 Å². The fourth-order valence-corrected chi connectivity index (χ4v) is 2.66. The van der Waals surface area contributed by atoms with Gasteiger partial charge in [-0.15, -0.1) is 11.6 Å². The van der Waals surface area contributed by atoms with E-state index in [2.05, 4.69) is 32.0 Å². The molecule has 0 aromatic heterocycles. The van der Waals surface area contributed by atoms with Crippen molar-refractivity contribution in [2.45, 2.75) is 25.7 Å². The Balaban J connectivity index is 2.43. The predicted molar refractivity (Wildman–Crippen MR) is 68.8 cm³/mol. The molecule has 0 spiro atoms. The first-order valence-corrected chi connectivity index (χ1v) is 6.69. The molecule has 1 atom stereocenters. The number of aryl methyl sites for hydroxylation is 2. The first-order chi connectivity index (χ1) is 7.11. The van der Waals surface area contributed by atoms with Crippen LogP contribution in [0.4, 0.5) is 0 Å². The van der Waals surface area contributed by atoms with Crippen molar-refractivity contribution in [2.75, 3.05) is 11.6 Å². The van der Waals surface area contributed by atoms with Gasteiger partial charge in [0.15, 0.2) is 0 Å². The van der Waals surface area contributed by atoms with Crippen molar-refractivity contribution in [2.24, 2.45) is 0 Å². The van der Waals surface area contributed by atoms with Gasteiger partial charge in [0.1, 0.15) is 0 Å². The quantitative estimate of drug-likeness (QED) is 0.804. The lowest BCUT2D eigenvalue weighted by molar-refractivity contribution is 0.223. The van der Waals surface area contributed by atoms with E-state index in [-0.39, 0.29) is 6.10 Å². The minimum Gasteiger partial charge on any atom is -0.391 e. The zero-order valence-corrected chi connectivity index (χ0v) is 10.7. The smallest absolute Gasteiger partial charge is 0.0765 e. The molecule has 0 aliphatic heterocycles. The van der Waals surface area contributed by atoms with E-state index >= 15 is 0 Å². The molecule has 0 aliphatic carbocycles. The Morgan fingerprint density at radius 3 is 2.40 bits per heavy atom. The summed E-state index contributed by atoms with van der Waals surface area (Å²) in [6.07, 6.45) is -0.387. The maximum atomic E-state index is 9.29. The predicted octanol–water partition coefficient (Wildman–Crippen LogP) is 3.14. The number of halogens is 1. The standard InChI is InChI=1S/C12H17ClOS/c1-9-3-10(2)5-11(4-9)7-15-8-12(14)6-13/h3-5,12,14H,6-8H2,1-2H3. The van der Waals surface area contributed by atoms with Gasteiger partial charge >= 0.3 is 0 Å². The van der Waals surface area contributed by atoms with Gasteiger partial charge in [-0.2, -0.15) is 11.8 Å². The lowest BCUT2D eigenvalue weighted by Gasteiger charge is -2.07. The number of hydrogen-bond acceptors (Lipinski definition) is 2. The van der Waals surface area contributed by atoms with Gasteiger partial charge in [0.2, 0.25) is 0 Å². The summed E-state index contributed by atoms with van der Waals surface area (Å²) in [5, 5.41) is 9.29. The summed E-state index contributed by atoms with van der Waals surface area (Å²) in [4.78, 5) is 0. The number of hydrogen-bond donors (Lipinski definition) is 1. The SMILES string of the molecule is Cc1cc(C)cc(CSCC(O)CCl)c1. The molecular weight excluding hydrogens is 228 g/mol. The fourth-order valence-electron chi connectivity index (χ4n) is 1.51. The van der Waals surface area contributed by atoms with Crippen molar-refractivity contribution in [3.63, 3.8) is 0 Å². The normalized spacial score (nSPS) is 12.8. The van der Waals surface area contributed by atoms with Crippen LogP contribution in [0.25, 0.3) is 0 Å². The Kier molecular flexibility index (Phi) is 5.51. The summed E-state index contributed by atoms with van der Waals surface area (Å²) in [5.41, 5.74) is 3.91. The Labute approximate surface area is 101 Å². The van der Waals surface area contributed by atoms with Crippen LogP contribution in [-0.4, -0.2) is 22.8 Å². The molecule has 84 valence electrons. The van der Waals surface area contributed by atoms with Gasteiger partial charge in [-0.1, -0.05) is 29.3 Å². The van der Waals surface area contributed by atoms with Gasteiger partial charge in [-0.3, -0.25) is 0 Å². The molecule has 0 aliphatic rings. The van der Waals surface area contributed by atoms with Gasteiger partial charge in [0, 0.05) is 17.4 Å². The van der Waals surface area contributed by atoms with E-state index in [0.717, 1.165) is 5.75 Å². The van der Waals surface area contributed by atoms with Gasteiger partial charge < -0.3 is 5.11 Å². The molecule has 0 bridgehead atoms. The van der Waals surface area contributed by atoms with Crippen LogP contribution in [0.2, 0.25) is 0 Å². The van der Waals surface area contributed by atoms with Crippen molar-refractivity contribution in [3.05, 3.63) is 34.9 Å². The van der Waals surface area contributed by atoms with Crippen LogP contribution in [0.5, 0.6) is 0 Å². The maximum absolute atomic E-state index is 9.29. The van der Waals surface area contributed by atoms with Crippen LogP contribution in [-0.2, 0) is 5.75 Å². The summed E-state index contributed by atoms with van der Waals surface area (Å²) < 4.78 is 0. The first kappa shape index (κ1) is 12.9. The Morgan fingerprint density at radius 1 is 1.27 bits per heavy atom. The molecule has 1 unspecified atom stereocenters. The second kappa shape index (κ2) is 6.41. The van der Waals surface area contributed by atoms with Crippen molar-refractivity contribution in [1.29, 1.82) is 0 Å². The third-order valence-corrected chi connectivity index (χ3v) is 3.55. The summed E-state index contributed by atoms with van der Waals surface area (Å²) in [7, 11) is 0. The lowest BCUT2D eigenvalue weighted by Crippen LogP contribution is -2.11. The minimum atomic E-state index is -0.387. The molecule has 0 heterocycles. The number of alkyl halides is 1. The van der Waals surface area contributed by atoms with E-state index in [1.54, 1.807) is 11.8 Å². The van der Waals surface area contributed by atoms with Crippen LogP contribution >= 0.6 is 23.4 Å². The number of rotatable bonds is 5. The summed E-state index contributed by atoms with van der Waals surface area (Å²) in [6, 6.07) is 6.54. The number of benzene rings is 1. The average Bonchev–Trinajstić information content (AvgIpc) is 2.16. The summed E-state index contributed by atoms with van der Waals surface area (Å²) in [6.45, 7) is 4.21. The van der Waals surface area contributed by atoms with E-state index in [1.807, 2.05) is 0 Å². The van der Waals surface area contributed by atoms with Crippen molar-refractivity contribution >= 4 is 23.4 Å².